The largest absolute Gasteiger partial charge is 0.317 e. The van der Waals surface area contributed by atoms with Crippen molar-refractivity contribution in [2.45, 2.75) is 18.8 Å². The summed E-state index contributed by atoms with van der Waals surface area (Å²) in [5, 5.41) is 14.8. The van der Waals surface area contributed by atoms with Gasteiger partial charge in [-0.3, -0.25) is 0 Å². The van der Waals surface area contributed by atoms with Gasteiger partial charge in [-0.25, -0.2) is 4.98 Å². The first-order valence-electron chi connectivity index (χ1n) is 5.19. The number of rotatable bonds is 1. The van der Waals surface area contributed by atoms with E-state index in [0.717, 1.165) is 25.9 Å². The number of piperidine rings is 1. The van der Waals surface area contributed by atoms with Gasteiger partial charge in [-0.2, -0.15) is 4.52 Å². The molecule has 3 rings (SSSR count). The smallest absolute Gasteiger partial charge is 0.273 e. The lowest BCUT2D eigenvalue weighted by atomic mass is 9.94. The topological polar surface area (TPSA) is 68.0 Å². The average Bonchev–Trinajstić information content (AvgIpc) is 2.78. The van der Waals surface area contributed by atoms with E-state index in [1.165, 1.54) is 5.69 Å². The quantitative estimate of drug-likeness (QED) is 0.782. The third-order valence-electron chi connectivity index (χ3n) is 2.89. The van der Waals surface area contributed by atoms with E-state index in [1.807, 2.05) is 6.07 Å². The van der Waals surface area contributed by atoms with Crippen molar-refractivity contribution in [2.75, 3.05) is 13.1 Å². The zero-order chi connectivity index (χ0) is 10.1. The van der Waals surface area contributed by atoms with Gasteiger partial charge in [0, 0.05) is 12.1 Å². The van der Waals surface area contributed by atoms with Gasteiger partial charge in [-0.15, -0.1) is 12.4 Å². The molecule has 7 heteroatoms. The highest BCUT2D eigenvalue weighted by molar-refractivity contribution is 5.85. The second kappa shape index (κ2) is 4.71. The van der Waals surface area contributed by atoms with E-state index in [4.69, 9.17) is 0 Å². The van der Waals surface area contributed by atoms with Crippen molar-refractivity contribution in [3.63, 3.8) is 0 Å². The van der Waals surface area contributed by atoms with Crippen LogP contribution in [0.2, 0.25) is 0 Å². The molecule has 2 aromatic rings. The molecule has 3 heterocycles. The Hall–Kier alpha value is -1.27. The van der Waals surface area contributed by atoms with Crippen LogP contribution in [-0.2, 0) is 0 Å². The predicted molar refractivity (Wildman–Crippen MR) is 60.7 cm³/mol. The van der Waals surface area contributed by atoms with Gasteiger partial charge in [0.05, 0.1) is 5.69 Å². The van der Waals surface area contributed by atoms with E-state index in [1.54, 1.807) is 10.7 Å². The summed E-state index contributed by atoms with van der Waals surface area (Å²) in [5.41, 5.74) is 1.17. The first-order valence-corrected chi connectivity index (χ1v) is 5.19. The minimum atomic E-state index is 0. The third kappa shape index (κ3) is 1.85. The maximum absolute atomic E-state index is 4.11. The van der Waals surface area contributed by atoms with Crippen molar-refractivity contribution in [2.24, 2.45) is 0 Å². The van der Waals surface area contributed by atoms with Crippen LogP contribution in [0.4, 0.5) is 0 Å². The van der Waals surface area contributed by atoms with Crippen LogP contribution in [0.1, 0.15) is 24.5 Å². The van der Waals surface area contributed by atoms with E-state index in [2.05, 4.69) is 25.8 Å². The van der Waals surface area contributed by atoms with E-state index in [9.17, 15) is 0 Å². The lowest BCUT2D eigenvalue weighted by Gasteiger charge is -2.22. The number of hydrogen-bond acceptors (Lipinski definition) is 5. The molecule has 1 aliphatic rings. The monoisotopic (exact) mass is 240 g/mol. The van der Waals surface area contributed by atoms with Crippen molar-refractivity contribution in [1.29, 1.82) is 0 Å². The molecule has 1 saturated heterocycles. The highest BCUT2D eigenvalue weighted by Gasteiger charge is 2.18. The van der Waals surface area contributed by atoms with Crippen molar-refractivity contribution in [1.82, 2.24) is 30.3 Å². The van der Waals surface area contributed by atoms with E-state index in [-0.39, 0.29) is 12.4 Å². The fraction of sp³-hybridized carbons (Fsp3) is 0.556. The number of hydrogen-bond donors (Lipinski definition) is 1. The highest BCUT2D eigenvalue weighted by Crippen LogP contribution is 2.23. The summed E-state index contributed by atoms with van der Waals surface area (Å²) >= 11 is 0. The molecule has 86 valence electrons. The summed E-state index contributed by atoms with van der Waals surface area (Å²) in [5.74, 6) is 1.13. The number of tetrazole rings is 1. The van der Waals surface area contributed by atoms with E-state index >= 15 is 0 Å². The summed E-state index contributed by atoms with van der Waals surface area (Å²) in [6.07, 6.45) is 4.06. The minimum Gasteiger partial charge on any atom is -0.317 e. The molecule has 0 saturated carbocycles. The molecule has 0 spiro atoms. The maximum Gasteiger partial charge on any atom is 0.273 e. The first kappa shape index (κ1) is 11.2. The van der Waals surface area contributed by atoms with Crippen molar-refractivity contribution >= 4 is 18.2 Å². The Morgan fingerprint density at radius 3 is 2.94 bits per heavy atom. The zero-order valence-corrected chi connectivity index (χ0v) is 9.52. The molecular weight excluding hydrogens is 228 g/mol. The van der Waals surface area contributed by atoms with Gasteiger partial charge in [-0.1, -0.05) is 5.10 Å². The Balaban J connectivity index is 0.000000963. The number of fused-ring (bicyclic) bond motifs is 1. The molecule has 0 amide bonds. The molecule has 0 aromatic carbocycles. The van der Waals surface area contributed by atoms with Gasteiger partial charge in [0.1, 0.15) is 0 Å². The van der Waals surface area contributed by atoms with Crippen LogP contribution >= 0.6 is 12.4 Å². The van der Waals surface area contributed by atoms with Gasteiger partial charge in [0.2, 0.25) is 0 Å². The molecule has 2 aromatic heterocycles. The van der Waals surface area contributed by atoms with Crippen LogP contribution in [0.5, 0.6) is 0 Å². The molecule has 6 nitrogen and oxygen atoms in total. The molecule has 16 heavy (non-hydrogen) atoms. The van der Waals surface area contributed by atoms with Crippen molar-refractivity contribution < 1.29 is 0 Å². The number of nitrogens with zero attached hydrogens (tertiary/aromatic N) is 5. The first-order chi connectivity index (χ1) is 7.45. The standard InChI is InChI=1S/C9H12N6.ClH/c1-4-10-5-2-7(1)8-3-6-11-9-12-13-14-15(8)9;/h3,6-7,10H,1-2,4-5H2;1H. The molecule has 1 fully saturated rings. The molecular formula is C9H13ClN6. The fourth-order valence-electron chi connectivity index (χ4n) is 2.11. The normalized spacial score (nSPS) is 17.2. The van der Waals surface area contributed by atoms with Crippen LogP contribution in [0, 0.1) is 0 Å². The summed E-state index contributed by atoms with van der Waals surface area (Å²) in [4.78, 5) is 4.11. The second-order valence-corrected chi connectivity index (χ2v) is 3.78. The van der Waals surface area contributed by atoms with Crippen LogP contribution in [-0.4, -0.2) is 38.1 Å². The second-order valence-electron chi connectivity index (χ2n) is 3.78. The Morgan fingerprint density at radius 1 is 1.31 bits per heavy atom. The summed E-state index contributed by atoms with van der Waals surface area (Å²) in [7, 11) is 0. The van der Waals surface area contributed by atoms with E-state index < -0.39 is 0 Å². The van der Waals surface area contributed by atoms with Gasteiger partial charge in [0.15, 0.2) is 0 Å². The van der Waals surface area contributed by atoms with Crippen LogP contribution in [0.25, 0.3) is 5.78 Å². The molecule has 0 aliphatic carbocycles. The molecule has 1 N–H and O–H groups in total. The Kier molecular flexibility index (Phi) is 3.31. The van der Waals surface area contributed by atoms with Crippen molar-refractivity contribution in [3.8, 4) is 0 Å². The summed E-state index contributed by atoms with van der Waals surface area (Å²) < 4.78 is 1.75. The summed E-state index contributed by atoms with van der Waals surface area (Å²) in [6, 6.07) is 2.01. The lowest BCUT2D eigenvalue weighted by molar-refractivity contribution is 0.445. The van der Waals surface area contributed by atoms with Gasteiger partial charge in [-0.05, 0) is 42.4 Å². The lowest BCUT2D eigenvalue weighted by Crippen LogP contribution is -2.27. The van der Waals surface area contributed by atoms with Crippen LogP contribution < -0.4 is 5.32 Å². The average molecular weight is 241 g/mol. The minimum absolute atomic E-state index is 0. The molecule has 0 bridgehead atoms. The SMILES string of the molecule is Cl.c1cc(C2CCNCC2)n2nnnc2n1. The molecule has 1 aliphatic heterocycles. The van der Waals surface area contributed by atoms with Crippen LogP contribution in [0.3, 0.4) is 0 Å². The Labute approximate surface area is 98.9 Å². The maximum atomic E-state index is 4.11. The fourth-order valence-corrected chi connectivity index (χ4v) is 2.11. The number of halogens is 1. The van der Waals surface area contributed by atoms with Gasteiger partial charge in [0.25, 0.3) is 5.78 Å². The Morgan fingerprint density at radius 2 is 2.12 bits per heavy atom. The predicted octanol–water partition coefficient (Wildman–Crippen LogP) is 0.408. The van der Waals surface area contributed by atoms with Gasteiger partial charge >= 0.3 is 0 Å². The third-order valence-corrected chi connectivity index (χ3v) is 2.89. The zero-order valence-electron chi connectivity index (χ0n) is 8.70. The number of nitrogens with one attached hydrogen (secondary N) is 1. The number of aromatic nitrogens is 5. The molecule has 0 unspecified atom stereocenters. The van der Waals surface area contributed by atoms with Crippen molar-refractivity contribution in [3.05, 3.63) is 18.0 Å². The summed E-state index contributed by atoms with van der Waals surface area (Å²) in [6.45, 7) is 2.13. The highest BCUT2D eigenvalue weighted by atomic mass is 35.5. The molecule has 0 atom stereocenters. The Bertz CT molecular complexity index is 464. The van der Waals surface area contributed by atoms with E-state index in [0.29, 0.717) is 11.7 Å². The van der Waals surface area contributed by atoms with Crippen LogP contribution in [0.15, 0.2) is 12.3 Å². The molecule has 0 radical (unpaired) electrons. The van der Waals surface area contributed by atoms with Gasteiger partial charge < -0.3 is 5.32 Å².